The number of nitrogens with one attached hydrogen (secondary N) is 4. The first-order valence-corrected chi connectivity index (χ1v) is 18.1. The maximum Gasteiger partial charge on any atom is 0.319 e. The van der Waals surface area contributed by atoms with Crippen molar-refractivity contribution in [1.29, 1.82) is 0 Å². The Kier molecular flexibility index (Phi) is 14.7. The summed E-state index contributed by atoms with van der Waals surface area (Å²) < 4.78 is 0. The number of hydrogen-bond acceptors (Lipinski definition) is 4. The van der Waals surface area contributed by atoms with E-state index >= 15 is 0 Å². The quantitative estimate of drug-likeness (QED) is 0.157. The van der Waals surface area contributed by atoms with E-state index < -0.39 is 0 Å². The van der Waals surface area contributed by atoms with Gasteiger partial charge in [0.1, 0.15) is 0 Å². The molecule has 0 bridgehead atoms. The summed E-state index contributed by atoms with van der Waals surface area (Å²) >= 11 is 25.4. The van der Waals surface area contributed by atoms with E-state index in [0.717, 1.165) is 70.9 Å². The molecule has 0 aromatic heterocycles. The maximum absolute atomic E-state index is 12.0. The second-order valence-electron chi connectivity index (χ2n) is 12.6. The van der Waals surface area contributed by atoms with Crippen LogP contribution < -0.4 is 21.3 Å². The van der Waals surface area contributed by atoms with E-state index in [9.17, 15) is 9.59 Å². The van der Waals surface area contributed by atoms with Crippen LogP contribution in [0.1, 0.15) is 59.1 Å². The minimum Gasteiger partial charge on any atom is -0.338 e. The number of urea groups is 2. The van der Waals surface area contributed by atoms with Crippen molar-refractivity contribution in [3.63, 3.8) is 0 Å². The van der Waals surface area contributed by atoms with Gasteiger partial charge in [-0.25, -0.2) is 9.59 Å². The normalized spacial score (nSPS) is 16.7. The SMILES string of the molecule is CCNC(=O)Nc1ccccc1[C@@H]1CN(C)Cc2c(Cl)cc(Cl)cc21.CCNC(=O)Nc1ccccc1[C@H]1CN(C)Cc2c(Cl)cc(Cl)cc21.Cl. The van der Waals surface area contributed by atoms with Crippen LogP contribution in [-0.4, -0.2) is 62.1 Å². The van der Waals surface area contributed by atoms with Crippen LogP contribution in [0.4, 0.5) is 21.0 Å². The minimum absolute atomic E-state index is 0. The van der Waals surface area contributed by atoms with Gasteiger partial charge < -0.3 is 31.1 Å². The molecule has 0 spiro atoms. The molecule has 4 N–H and O–H groups in total. The van der Waals surface area contributed by atoms with E-state index in [1.54, 1.807) is 12.1 Å². The van der Waals surface area contributed by atoms with Gasteiger partial charge in [0.05, 0.1) is 0 Å². The lowest BCUT2D eigenvalue weighted by atomic mass is 9.84. The van der Waals surface area contributed by atoms with Gasteiger partial charge in [0, 0.05) is 82.6 Å². The molecular formula is C38H43Cl5N6O2. The zero-order valence-electron chi connectivity index (χ0n) is 29.0. The first-order chi connectivity index (χ1) is 24.0. The largest absolute Gasteiger partial charge is 0.338 e. The minimum atomic E-state index is -0.205. The predicted octanol–water partition coefficient (Wildman–Crippen LogP) is 9.85. The summed E-state index contributed by atoms with van der Waals surface area (Å²) in [6.07, 6.45) is 0. The smallest absolute Gasteiger partial charge is 0.319 e. The Morgan fingerprint density at radius 2 is 1.00 bits per heavy atom. The molecule has 8 nitrogen and oxygen atoms in total. The topological polar surface area (TPSA) is 88.7 Å². The fourth-order valence-electron chi connectivity index (χ4n) is 6.71. The van der Waals surface area contributed by atoms with Crippen LogP contribution in [0.5, 0.6) is 0 Å². The van der Waals surface area contributed by atoms with Crippen LogP contribution in [0.2, 0.25) is 20.1 Å². The van der Waals surface area contributed by atoms with E-state index in [-0.39, 0.29) is 36.3 Å². The highest BCUT2D eigenvalue weighted by Gasteiger charge is 2.30. The molecule has 2 aliphatic heterocycles. The van der Waals surface area contributed by atoms with E-state index in [4.69, 9.17) is 46.4 Å². The Balaban J connectivity index is 0.000000224. The zero-order chi connectivity index (χ0) is 35.9. The van der Waals surface area contributed by atoms with Crippen LogP contribution in [-0.2, 0) is 13.1 Å². The number of anilines is 2. The van der Waals surface area contributed by atoms with Crippen molar-refractivity contribution in [3.05, 3.63) is 126 Å². The number of likely N-dealkylation sites (N-methyl/N-ethyl adjacent to an activating group) is 2. The van der Waals surface area contributed by atoms with Crippen molar-refractivity contribution in [2.45, 2.75) is 38.8 Å². The molecule has 2 heterocycles. The number of rotatable bonds is 6. The highest BCUT2D eigenvalue weighted by atomic mass is 35.5. The molecule has 0 unspecified atom stereocenters. The molecule has 4 amide bonds. The lowest BCUT2D eigenvalue weighted by Crippen LogP contribution is -2.33. The molecule has 4 aromatic rings. The zero-order valence-corrected chi connectivity index (χ0v) is 32.8. The third-order valence-corrected chi connectivity index (χ3v) is 9.94. The number of amides is 4. The molecule has 4 aromatic carbocycles. The Labute approximate surface area is 326 Å². The van der Waals surface area contributed by atoms with Gasteiger partial charge >= 0.3 is 12.1 Å². The number of benzene rings is 4. The number of carbonyl (C=O) groups excluding carboxylic acids is 2. The molecule has 0 fully saturated rings. The molecule has 0 saturated heterocycles. The summed E-state index contributed by atoms with van der Waals surface area (Å²) in [5.41, 5.74) is 8.16. The number of fused-ring (bicyclic) bond motifs is 2. The Morgan fingerprint density at radius 1 is 0.627 bits per heavy atom. The van der Waals surface area contributed by atoms with E-state index in [1.165, 1.54) is 0 Å². The van der Waals surface area contributed by atoms with E-state index in [0.29, 0.717) is 33.2 Å². The van der Waals surface area contributed by atoms with Crippen LogP contribution >= 0.6 is 58.8 Å². The van der Waals surface area contributed by atoms with Gasteiger partial charge in [-0.1, -0.05) is 82.8 Å². The summed E-state index contributed by atoms with van der Waals surface area (Å²) in [6, 6.07) is 22.9. The highest BCUT2D eigenvalue weighted by Crippen LogP contribution is 2.42. The van der Waals surface area contributed by atoms with Gasteiger partial charge in [-0.15, -0.1) is 12.4 Å². The Hall–Kier alpha value is -3.21. The number of nitrogens with zero attached hydrogens (tertiary/aromatic N) is 2. The van der Waals surface area contributed by atoms with Gasteiger partial charge in [-0.2, -0.15) is 0 Å². The summed E-state index contributed by atoms with van der Waals surface area (Å²) in [6.45, 7) is 8.17. The standard InChI is InChI=1S/2C19H21Cl2N3O.ClH/c2*1-3-22-19(25)23-18-7-5-4-6-13(18)15-10-24(2)11-16-14(15)8-12(20)9-17(16)21;/h2*4-9,15H,3,10-11H2,1-2H3,(H2,22,23,25);1H/t2*15-;/m10./s1. The van der Waals surface area contributed by atoms with Crippen LogP contribution in [0.25, 0.3) is 0 Å². The lowest BCUT2D eigenvalue weighted by Gasteiger charge is -2.34. The summed E-state index contributed by atoms with van der Waals surface area (Å²) in [5, 5.41) is 14.1. The van der Waals surface area contributed by atoms with E-state index in [2.05, 4.69) is 45.2 Å². The maximum atomic E-state index is 12.0. The number of para-hydroxylation sites is 2. The van der Waals surface area contributed by atoms with Crippen molar-refractivity contribution in [2.75, 3.05) is 50.9 Å². The van der Waals surface area contributed by atoms with Gasteiger partial charge in [0.2, 0.25) is 0 Å². The molecule has 13 heteroatoms. The second-order valence-corrected chi connectivity index (χ2v) is 14.2. The van der Waals surface area contributed by atoms with Crippen molar-refractivity contribution < 1.29 is 9.59 Å². The Morgan fingerprint density at radius 3 is 1.37 bits per heavy atom. The predicted molar refractivity (Wildman–Crippen MR) is 215 cm³/mol. The molecule has 6 rings (SSSR count). The van der Waals surface area contributed by atoms with Gasteiger partial charge in [-0.3, -0.25) is 0 Å². The molecule has 2 aliphatic rings. The molecule has 272 valence electrons. The number of halogens is 5. The summed E-state index contributed by atoms with van der Waals surface area (Å²) in [5.74, 6) is 0.172. The fraction of sp³-hybridized carbons (Fsp3) is 0.316. The van der Waals surface area contributed by atoms with Gasteiger partial charge in [-0.05, 0) is 97.7 Å². The first-order valence-electron chi connectivity index (χ1n) is 16.6. The average molecular weight is 793 g/mol. The first kappa shape index (κ1) is 40.6. The monoisotopic (exact) mass is 790 g/mol. The van der Waals surface area contributed by atoms with E-state index in [1.807, 2.05) is 74.5 Å². The molecular weight excluding hydrogens is 750 g/mol. The summed E-state index contributed by atoms with van der Waals surface area (Å²) in [4.78, 5) is 28.4. The fourth-order valence-corrected chi connectivity index (χ4v) is 7.84. The van der Waals surface area contributed by atoms with Crippen molar-refractivity contribution in [1.82, 2.24) is 20.4 Å². The average Bonchev–Trinajstić information content (AvgIpc) is 3.06. The van der Waals surface area contributed by atoms with Crippen LogP contribution in [0.15, 0.2) is 72.8 Å². The number of carbonyl (C=O) groups is 2. The van der Waals surface area contributed by atoms with Crippen molar-refractivity contribution >= 4 is 82.2 Å². The molecule has 2 atom stereocenters. The Bertz CT molecular complexity index is 1720. The van der Waals surface area contributed by atoms with Crippen molar-refractivity contribution in [3.8, 4) is 0 Å². The molecule has 0 aliphatic carbocycles. The van der Waals surface area contributed by atoms with Crippen molar-refractivity contribution in [2.24, 2.45) is 0 Å². The number of hydrogen-bond donors (Lipinski definition) is 4. The third-order valence-electron chi connectivity index (χ3n) is 8.83. The molecule has 0 saturated carbocycles. The van der Waals surface area contributed by atoms with Gasteiger partial charge in [0.15, 0.2) is 0 Å². The molecule has 51 heavy (non-hydrogen) atoms. The highest BCUT2D eigenvalue weighted by molar-refractivity contribution is 6.35. The molecule has 0 radical (unpaired) electrons. The summed E-state index contributed by atoms with van der Waals surface area (Å²) in [7, 11) is 4.14. The third kappa shape index (κ3) is 10.0. The van der Waals surface area contributed by atoms with Crippen LogP contribution in [0.3, 0.4) is 0 Å². The lowest BCUT2D eigenvalue weighted by molar-refractivity contribution is 0.251. The second kappa shape index (κ2) is 18.5. The van der Waals surface area contributed by atoms with Crippen LogP contribution in [0, 0.1) is 0 Å². The van der Waals surface area contributed by atoms with Gasteiger partial charge in [0.25, 0.3) is 0 Å².